The Kier molecular flexibility index (Phi) is 10.3. The maximum absolute atomic E-state index is 6.56. The number of furan rings is 1. The number of rotatable bonds is 3. The van der Waals surface area contributed by atoms with E-state index in [-0.39, 0.29) is 5.41 Å². The standard InChI is InChI=1S/C38H26O.2C13H12/c1-23-20-21-30-34(22-23)38(31-16-5-2-10-24(31)25-11-3-6-17-32(25)38)33-18-9-13-27(36(30)33)29-15-8-14-28-26-12-4-7-19-35(26)39-37(28)29;2*1-11-7-9-13(10-8-11)12-5-3-2-4-6-12/h2-8,10-17,19-22H,9,18H2,1H3;2*2-10H,1H3. The number of hydrogen-bond donors (Lipinski definition) is 0. The summed E-state index contributed by atoms with van der Waals surface area (Å²) < 4.78 is 6.56. The van der Waals surface area contributed by atoms with E-state index >= 15 is 0 Å². The fraction of sp³-hybridized carbons (Fsp3) is 0.0938. The van der Waals surface area contributed by atoms with Crippen LogP contribution in [-0.4, -0.2) is 0 Å². The monoisotopic (exact) mass is 834 g/mol. The van der Waals surface area contributed by atoms with Gasteiger partial charge in [0, 0.05) is 16.3 Å². The second kappa shape index (κ2) is 16.8. The highest BCUT2D eigenvalue weighted by atomic mass is 16.3. The van der Waals surface area contributed by atoms with Gasteiger partial charge in [0.1, 0.15) is 11.2 Å². The predicted molar refractivity (Wildman–Crippen MR) is 274 cm³/mol. The molecule has 1 spiro atoms. The molecule has 1 heteroatoms. The average molecular weight is 835 g/mol. The molecule has 10 aromatic rings. The second-order valence-electron chi connectivity index (χ2n) is 17.6. The van der Waals surface area contributed by atoms with Crippen LogP contribution in [0.4, 0.5) is 0 Å². The molecule has 0 bridgehead atoms. The third-order valence-corrected chi connectivity index (χ3v) is 13.6. The number of hydrogen-bond acceptors (Lipinski definition) is 1. The van der Waals surface area contributed by atoms with E-state index in [2.05, 4.69) is 233 Å². The summed E-state index contributed by atoms with van der Waals surface area (Å²) in [5.41, 5.74) is 24.5. The maximum Gasteiger partial charge on any atom is 0.143 e. The van der Waals surface area contributed by atoms with E-state index in [4.69, 9.17) is 4.42 Å². The molecule has 0 saturated heterocycles. The van der Waals surface area contributed by atoms with Gasteiger partial charge in [-0.25, -0.2) is 0 Å². The first-order valence-corrected chi connectivity index (χ1v) is 22.9. The highest BCUT2D eigenvalue weighted by Crippen LogP contribution is 2.65. The molecule has 0 fully saturated rings. The van der Waals surface area contributed by atoms with Gasteiger partial charge in [-0.2, -0.15) is 0 Å². The minimum Gasteiger partial charge on any atom is -0.455 e. The fourth-order valence-electron chi connectivity index (χ4n) is 10.6. The van der Waals surface area contributed by atoms with Crippen LogP contribution < -0.4 is 0 Å². The lowest BCUT2D eigenvalue weighted by Gasteiger charge is -2.34. The number of para-hydroxylation sites is 2. The summed E-state index contributed by atoms with van der Waals surface area (Å²) >= 11 is 0. The van der Waals surface area contributed by atoms with E-state index in [9.17, 15) is 0 Å². The molecule has 1 aromatic heterocycles. The molecular weight excluding hydrogens is 785 g/mol. The number of aryl methyl sites for hydroxylation is 3. The molecule has 0 aliphatic heterocycles. The van der Waals surface area contributed by atoms with Crippen molar-refractivity contribution in [2.45, 2.75) is 39.0 Å². The molecule has 13 rings (SSSR count). The van der Waals surface area contributed by atoms with E-state index in [1.165, 1.54) is 105 Å². The molecule has 0 saturated carbocycles. The maximum atomic E-state index is 6.56. The van der Waals surface area contributed by atoms with Crippen LogP contribution in [0.25, 0.3) is 66.5 Å². The van der Waals surface area contributed by atoms with Crippen LogP contribution >= 0.6 is 0 Å². The Morgan fingerprint density at radius 2 is 0.877 bits per heavy atom. The normalized spacial score (nSPS) is 13.8. The van der Waals surface area contributed by atoms with E-state index < -0.39 is 0 Å². The van der Waals surface area contributed by atoms with Crippen LogP contribution in [0.3, 0.4) is 0 Å². The van der Waals surface area contributed by atoms with Crippen LogP contribution in [0.15, 0.2) is 234 Å². The van der Waals surface area contributed by atoms with Gasteiger partial charge in [0.2, 0.25) is 0 Å². The summed E-state index contributed by atoms with van der Waals surface area (Å²) in [5.74, 6) is 0. The summed E-state index contributed by atoms with van der Waals surface area (Å²) in [5, 5.41) is 2.36. The predicted octanol–water partition coefficient (Wildman–Crippen LogP) is 17.2. The van der Waals surface area contributed by atoms with E-state index in [1.807, 2.05) is 12.1 Å². The largest absolute Gasteiger partial charge is 0.455 e. The fourth-order valence-corrected chi connectivity index (χ4v) is 10.6. The molecule has 1 heterocycles. The highest BCUT2D eigenvalue weighted by Gasteiger charge is 2.53. The molecule has 0 N–H and O–H groups in total. The van der Waals surface area contributed by atoms with Gasteiger partial charge in [-0.3, -0.25) is 0 Å². The first-order valence-electron chi connectivity index (χ1n) is 22.9. The minimum absolute atomic E-state index is 0.259. The molecule has 0 atom stereocenters. The summed E-state index contributed by atoms with van der Waals surface area (Å²) in [4.78, 5) is 0. The lowest BCUT2D eigenvalue weighted by atomic mass is 9.67. The molecule has 0 amide bonds. The van der Waals surface area contributed by atoms with Crippen molar-refractivity contribution in [1.82, 2.24) is 0 Å². The Hall–Kier alpha value is -7.74. The second-order valence-corrected chi connectivity index (χ2v) is 17.6. The van der Waals surface area contributed by atoms with Gasteiger partial charge in [0.15, 0.2) is 0 Å². The smallest absolute Gasteiger partial charge is 0.143 e. The number of allylic oxidation sites excluding steroid dienone is 4. The topological polar surface area (TPSA) is 13.1 Å². The van der Waals surface area contributed by atoms with Gasteiger partial charge in [0.25, 0.3) is 0 Å². The SMILES string of the molecule is Cc1ccc(-c2ccccc2)cc1.Cc1ccc(-c2ccccc2)cc1.Cc1ccc2c(c1)C1(C3=C2C(c2cccc4c2oc2ccccc24)=CCC3)c2ccccc2-c2ccccc21. The Morgan fingerprint density at radius 1 is 0.385 bits per heavy atom. The lowest BCUT2D eigenvalue weighted by Crippen LogP contribution is -2.28. The van der Waals surface area contributed by atoms with Crippen molar-refractivity contribution in [3.05, 3.63) is 275 Å². The van der Waals surface area contributed by atoms with Crippen molar-refractivity contribution in [2.75, 3.05) is 0 Å². The summed E-state index contributed by atoms with van der Waals surface area (Å²) in [6.07, 6.45) is 4.52. The molecule has 9 aromatic carbocycles. The molecular formula is C64H50O. The van der Waals surface area contributed by atoms with Gasteiger partial charge >= 0.3 is 0 Å². The number of fused-ring (bicyclic) bond motifs is 12. The van der Waals surface area contributed by atoms with E-state index in [1.54, 1.807) is 0 Å². The molecule has 3 aliphatic rings. The summed E-state index contributed by atoms with van der Waals surface area (Å²) in [7, 11) is 0. The van der Waals surface area contributed by atoms with Crippen molar-refractivity contribution in [3.8, 4) is 33.4 Å². The zero-order valence-electron chi connectivity index (χ0n) is 37.2. The minimum atomic E-state index is -0.259. The Bertz CT molecular complexity index is 3290. The zero-order chi connectivity index (χ0) is 43.9. The van der Waals surface area contributed by atoms with E-state index in [0.717, 1.165) is 24.0 Å². The lowest BCUT2D eigenvalue weighted by molar-refractivity contribution is 0.667. The third kappa shape index (κ3) is 6.96. The Labute approximate surface area is 382 Å². The van der Waals surface area contributed by atoms with Gasteiger partial charge in [0.05, 0.1) is 5.41 Å². The van der Waals surface area contributed by atoms with Crippen LogP contribution in [0.5, 0.6) is 0 Å². The van der Waals surface area contributed by atoms with Crippen molar-refractivity contribution in [3.63, 3.8) is 0 Å². The third-order valence-electron chi connectivity index (χ3n) is 13.6. The molecule has 0 unspecified atom stereocenters. The first-order chi connectivity index (χ1) is 32.0. The van der Waals surface area contributed by atoms with Gasteiger partial charge in [-0.1, -0.05) is 235 Å². The van der Waals surface area contributed by atoms with Crippen LogP contribution in [0.1, 0.15) is 57.3 Å². The van der Waals surface area contributed by atoms with Crippen molar-refractivity contribution < 1.29 is 4.42 Å². The van der Waals surface area contributed by atoms with Crippen molar-refractivity contribution in [2.24, 2.45) is 0 Å². The van der Waals surface area contributed by atoms with Crippen LogP contribution in [0.2, 0.25) is 0 Å². The summed E-state index contributed by atoms with van der Waals surface area (Å²) in [6.45, 7) is 6.44. The van der Waals surface area contributed by atoms with Gasteiger partial charge < -0.3 is 4.42 Å². The van der Waals surface area contributed by atoms with Crippen LogP contribution in [0, 0.1) is 20.8 Å². The van der Waals surface area contributed by atoms with E-state index in [0.29, 0.717) is 0 Å². The highest BCUT2D eigenvalue weighted by molar-refractivity contribution is 6.18. The Morgan fingerprint density at radius 3 is 1.49 bits per heavy atom. The molecule has 3 aliphatic carbocycles. The molecule has 312 valence electrons. The molecule has 65 heavy (non-hydrogen) atoms. The Balaban J connectivity index is 0.000000147. The zero-order valence-corrected chi connectivity index (χ0v) is 37.2. The first kappa shape index (κ1) is 40.1. The molecule has 0 radical (unpaired) electrons. The molecule has 1 nitrogen and oxygen atoms in total. The van der Waals surface area contributed by atoms with Crippen LogP contribution in [-0.2, 0) is 5.41 Å². The number of benzene rings is 9. The summed E-state index contributed by atoms with van der Waals surface area (Å²) in [6, 6.07) is 78.4. The van der Waals surface area contributed by atoms with Crippen molar-refractivity contribution in [1.29, 1.82) is 0 Å². The average Bonchev–Trinajstić information content (AvgIpc) is 4.00. The quantitative estimate of drug-likeness (QED) is 0.173. The van der Waals surface area contributed by atoms with Gasteiger partial charge in [-0.15, -0.1) is 0 Å². The van der Waals surface area contributed by atoms with Crippen molar-refractivity contribution >= 4 is 33.1 Å². The van der Waals surface area contributed by atoms with Gasteiger partial charge in [-0.05, 0) is 112 Å².